The number of likely N-dealkylation sites (tertiary alicyclic amines) is 1. The van der Waals surface area contributed by atoms with E-state index in [9.17, 15) is 14.7 Å². The first-order valence-corrected chi connectivity index (χ1v) is 10.9. The Morgan fingerprint density at radius 1 is 1.20 bits per heavy atom. The number of benzene rings is 2. The van der Waals surface area contributed by atoms with E-state index in [1.807, 2.05) is 52.9 Å². The summed E-state index contributed by atoms with van der Waals surface area (Å²) in [6, 6.07) is 12.7. The first-order chi connectivity index (χ1) is 14.5. The molecule has 1 fully saturated rings. The number of rotatable bonds is 3. The van der Waals surface area contributed by atoms with Crippen molar-refractivity contribution in [1.82, 2.24) is 4.90 Å². The molecule has 7 heteroatoms. The number of nitrogens with zero attached hydrogens (tertiary/aromatic N) is 1. The third kappa shape index (κ3) is 4.03. The van der Waals surface area contributed by atoms with Gasteiger partial charge in [-0.2, -0.15) is 0 Å². The zero-order chi connectivity index (χ0) is 21.3. The molecular weight excluding hydrogens is 497 g/mol. The van der Waals surface area contributed by atoms with Gasteiger partial charge in [-0.3, -0.25) is 4.79 Å². The minimum Gasteiger partial charge on any atom is -0.507 e. The summed E-state index contributed by atoms with van der Waals surface area (Å²) in [7, 11) is 0. The molecule has 0 bridgehead atoms. The van der Waals surface area contributed by atoms with E-state index in [2.05, 4.69) is 0 Å². The molecule has 3 aromatic rings. The summed E-state index contributed by atoms with van der Waals surface area (Å²) in [6.45, 7) is 3.11. The second-order valence-corrected chi connectivity index (χ2v) is 8.58. The lowest BCUT2D eigenvalue weighted by Crippen LogP contribution is -2.38. The second kappa shape index (κ2) is 8.67. The Morgan fingerprint density at radius 2 is 1.90 bits per heavy atom. The predicted molar refractivity (Wildman–Crippen MR) is 122 cm³/mol. The van der Waals surface area contributed by atoms with Crippen molar-refractivity contribution in [2.24, 2.45) is 0 Å². The minimum atomic E-state index is -0.326. The number of ether oxygens (including phenoxy) is 1. The Kier molecular flexibility index (Phi) is 5.99. The predicted octanol–water partition coefficient (Wildman–Crippen LogP) is 4.93. The molecule has 1 saturated heterocycles. The highest BCUT2D eigenvalue weighted by Gasteiger charge is 2.28. The van der Waals surface area contributed by atoms with Crippen LogP contribution in [0.3, 0.4) is 0 Å². The van der Waals surface area contributed by atoms with Gasteiger partial charge in [0, 0.05) is 24.6 Å². The van der Waals surface area contributed by atoms with Crippen LogP contribution in [0.4, 0.5) is 4.79 Å². The molecule has 1 aliphatic heterocycles. The van der Waals surface area contributed by atoms with Gasteiger partial charge in [0.2, 0.25) is 0 Å². The topological polar surface area (TPSA) is 80.0 Å². The SMILES string of the molecule is Cc1c(C2CCN(C(=O)OCc3ccccc3)CC2)oc2c(I)c(O)ccc2c1=O. The summed E-state index contributed by atoms with van der Waals surface area (Å²) in [5.74, 6) is 0.781. The Labute approximate surface area is 187 Å². The van der Waals surface area contributed by atoms with Crippen LogP contribution < -0.4 is 5.43 Å². The number of phenols is 1. The van der Waals surface area contributed by atoms with Crippen molar-refractivity contribution in [2.45, 2.75) is 32.3 Å². The summed E-state index contributed by atoms with van der Waals surface area (Å²) >= 11 is 1.99. The average Bonchev–Trinajstić information content (AvgIpc) is 2.78. The fourth-order valence-electron chi connectivity index (χ4n) is 3.85. The van der Waals surface area contributed by atoms with Crippen LogP contribution in [-0.4, -0.2) is 29.2 Å². The molecule has 1 aliphatic rings. The Bertz CT molecular complexity index is 1130. The molecule has 0 atom stereocenters. The van der Waals surface area contributed by atoms with Gasteiger partial charge >= 0.3 is 6.09 Å². The van der Waals surface area contributed by atoms with E-state index in [1.54, 1.807) is 17.9 Å². The molecule has 156 valence electrons. The van der Waals surface area contributed by atoms with Crippen molar-refractivity contribution in [3.63, 3.8) is 0 Å². The van der Waals surface area contributed by atoms with Crippen molar-refractivity contribution in [2.75, 3.05) is 13.1 Å². The molecule has 4 rings (SSSR count). The van der Waals surface area contributed by atoms with E-state index in [1.165, 1.54) is 6.07 Å². The van der Waals surface area contributed by atoms with Gasteiger partial charge < -0.3 is 19.2 Å². The Morgan fingerprint density at radius 3 is 2.60 bits per heavy atom. The van der Waals surface area contributed by atoms with E-state index in [0.29, 0.717) is 51.8 Å². The smallest absolute Gasteiger partial charge is 0.410 e. The molecule has 1 aromatic heterocycles. The summed E-state index contributed by atoms with van der Waals surface area (Å²) in [5, 5.41) is 10.5. The molecule has 1 N–H and O–H groups in total. The number of phenolic OH excluding ortho intramolecular Hbond substituents is 1. The number of carbonyl (C=O) groups excluding carboxylic acids is 1. The lowest BCUT2D eigenvalue weighted by Gasteiger charge is -2.31. The first kappa shape index (κ1) is 20.7. The van der Waals surface area contributed by atoms with Gasteiger partial charge in [-0.15, -0.1) is 0 Å². The van der Waals surface area contributed by atoms with E-state index in [4.69, 9.17) is 9.15 Å². The number of fused-ring (bicyclic) bond motifs is 1. The highest BCUT2D eigenvalue weighted by Crippen LogP contribution is 2.34. The van der Waals surface area contributed by atoms with E-state index >= 15 is 0 Å². The van der Waals surface area contributed by atoms with Crippen LogP contribution in [-0.2, 0) is 11.3 Å². The normalized spacial score (nSPS) is 14.8. The molecule has 0 unspecified atom stereocenters. The van der Waals surface area contributed by atoms with E-state index < -0.39 is 0 Å². The van der Waals surface area contributed by atoms with Gasteiger partial charge in [-0.25, -0.2) is 4.79 Å². The molecular formula is C23H22INO5. The van der Waals surface area contributed by atoms with E-state index in [0.717, 1.165) is 5.56 Å². The van der Waals surface area contributed by atoms with Crippen LogP contribution in [0.25, 0.3) is 11.0 Å². The monoisotopic (exact) mass is 519 g/mol. The van der Waals surface area contributed by atoms with E-state index in [-0.39, 0.29) is 29.8 Å². The zero-order valence-corrected chi connectivity index (χ0v) is 18.7. The molecule has 2 heterocycles. The van der Waals surface area contributed by atoms with Crippen LogP contribution in [0.2, 0.25) is 0 Å². The summed E-state index contributed by atoms with van der Waals surface area (Å²) in [6.07, 6.45) is 1.05. The van der Waals surface area contributed by atoms with Crippen LogP contribution in [0.15, 0.2) is 51.7 Å². The molecule has 0 spiro atoms. The minimum absolute atomic E-state index is 0.0402. The van der Waals surface area contributed by atoms with Crippen molar-refractivity contribution in [3.8, 4) is 5.75 Å². The fourth-order valence-corrected chi connectivity index (χ4v) is 4.43. The molecule has 30 heavy (non-hydrogen) atoms. The number of hydrogen-bond donors (Lipinski definition) is 1. The van der Waals surface area contributed by atoms with Crippen LogP contribution in [0.1, 0.15) is 35.6 Å². The number of amides is 1. The van der Waals surface area contributed by atoms with Gasteiger partial charge in [0.05, 0.1) is 8.96 Å². The van der Waals surface area contributed by atoms with Crippen molar-refractivity contribution in [1.29, 1.82) is 0 Å². The molecule has 0 saturated carbocycles. The zero-order valence-electron chi connectivity index (χ0n) is 16.6. The third-order valence-corrected chi connectivity index (χ3v) is 6.62. The highest BCUT2D eigenvalue weighted by molar-refractivity contribution is 14.1. The number of halogens is 1. The second-order valence-electron chi connectivity index (χ2n) is 7.50. The number of hydrogen-bond acceptors (Lipinski definition) is 5. The number of aromatic hydroxyl groups is 1. The lowest BCUT2D eigenvalue weighted by molar-refractivity contribution is 0.0859. The fraction of sp³-hybridized carbons (Fsp3) is 0.304. The maximum Gasteiger partial charge on any atom is 0.410 e. The van der Waals surface area contributed by atoms with Crippen molar-refractivity contribution < 1.29 is 19.1 Å². The van der Waals surface area contributed by atoms with Crippen LogP contribution in [0, 0.1) is 10.5 Å². The van der Waals surface area contributed by atoms with Gasteiger partial charge in [-0.1, -0.05) is 30.3 Å². The first-order valence-electron chi connectivity index (χ1n) is 9.86. The highest BCUT2D eigenvalue weighted by atomic mass is 127. The maximum atomic E-state index is 12.8. The quantitative estimate of drug-likeness (QED) is 0.497. The van der Waals surface area contributed by atoms with Crippen LogP contribution in [0.5, 0.6) is 5.75 Å². The number of carbonyl (C=O) groups is 1. The average molecular weight is 519 g/mol. The van der Waals surface area contributed by atoms with Crippen LogP contribution >= 0.6 is 22.6 Å². The summed E-state index contributed by atoms with van der Waals surface area (Å²) in [4.78, 5) is 26.9. The molecule has 2 aromatic carbocycles. The standard InChI is InChI=1S/C23H22INO5/c1-14-20(27)17-7-8-18(26)19(24)22(17)30-21(14)16-9-11-25(12-10-16)23(28)29-13-15-5-3-2-4-6-15/h2-8,16,26H,9-13H2,1H3. The third-order valence-electron chi connectivity index (χ3n) is 5.57. The Balaban J connectivity index is 1.47. The van der Waals surface area contributed by atoms with Gasteiger partial charge in [0.1, 0.15) is 18.1 Å². The maximum absolute atomic E-state index is 12.8. The van der Waals surface area contributed by atoms with Gasteiger partial charge in [-0.05, 0) is 60.1 Å². The molecule has 1 amide bonds. The number of piperidine rings is 1. The van der Waals surface area contributed by atoms with Gasteiger partial charge in [0.25, 0.3) is 0 Å². The summed E-state index contributed by atoms with van der Waals surface area (Å²) < 4.78 is 12.1. The van der Waals surface area contributed by atoms with Crippen molar-refractivity contribution in [3.05, 3.63) is 73.1 Å². The van der Waals surface area contributed by atoms with Crippen molar-refractivity contribution >= 4 is 39.7 Å². The molecule has 0 aliphatic carbocycles. The summed E-state index contributed by atoms with van der Waals surface area (Å²) in [5.41, 5.74) is 1.89. The molecule has 6 nitrogen and oxygen atoms in total. The largest absolute Gasteiger partial charge is 0.507 e. The van der Waals surface area contributed by atoms with Gasteiger partial charge in [0.15, 0.2) is 11.0 Å². The molecule has 0 radical (unpaired) electrons. The lowest BCUT2D eigenvalue weighted by atomic mass is 9.91. The Hall–Kier alpha value is -2.55.